The zero-order valence-electron chi connectivity index (χ0n) is 9.92. The first kappa shape index (κ1) is 12.6. The normalized spacial score (nSPS) is 13.0. The molecule has 0 aromatic carbocycles. The first-order valence-electron chi connectivity index (χ1n) is 5.87. The fourth-order valence-corrected chi connectivity index (χ4v) is 2.53. The molecular weight excluding hydrogens is 206 g/mol. The fraction of sp³-hybridized carbons (Fsp3) is 0.818. The van der Waals surface area contributed by atoms with Gasteiger partial charge >= 0.3 is 0 Å². The molecule has 3 nitrogen and oxygen atoms in total. The van der Waals surface area contributed by atoms with Gasteiger partial charge in [-0.1, -0.05) is 38.5 Å². The maximum absolute atomic E-state index is 4.26. The molecule has 0 aliphatic carbocycles. The maximum Gasteiger partial charge on any atom is 0.134 e. The molecule has 0 amide bonds. The van der Waals surface area contributed by atoms with Gasteiger partial charge in [-0.05, 0) is 19.4 Å². The summed E-state index contributed by atoms with van der Waals surface area (Å²) in [5, 5.41) is 14.3. The Balaban J connectivity index is 2.56. The summed E-state index contributed by atoms with van der Waals surface area (Å²) < 4.78 is 0. The van der Waals surface area contributed by atoms with E-state index in [-0.39, 0.29) is 0 Å². The molecule has 1 atom stereocenters. The van der Waals surface area contributed by atoms with Crippen LogP contribution in [0.1, 0.15) is 56.1 Å². The van der Waals surface area contributed by atoms with Crippen LogP contribution in [0.5, 0.6) is 0 Å². The molecule has 4 heteroatoms. The lowest BCUT2D eigenvalue weighted by Gasteiger charge is -2.10. The Bertz CT molecular complexity index is 273. The quantitative estimate of drug-likeness (QED) is 0.778. The number of unbranched alkanes of at least 4 members (excludes halogenated alkanes) is 1. The summed E-state index contributed by atoms with van der Waals surface area (Å²) in [5.74, 6) is 0. The highest BCUT2D eigenvalue weighted by molar-refractivity contribution is 7.11. The van der Waals surface area contributed by atoms with Gasteiger partial charge in [-0.25, -0.2) is 0 Å². The number of hydrogen-bond acceptors (Lipinski definition) is 4. The molecule has 1 rings (SSSR count). The third kappa shape index (κ3) is 3.87. The molecule has 1 heterocycles. The van der Waals surface area contributed by atoms with E-state index in [1.165, 1.54) is 17.8 Å². The van der Waals surface area contributed by atoms with E-state index in [0.29, 0.717) is 6.04 Å². The second-order valence-electron chi connectivity index (χ2n) is 3.66. The number of hydrogen-bond donors (Lipinski definition) is 1. The minimum Gasteiger partial charge on any atom is -0.308 e. The molecule has 0 aliphatic rings. The minimum atomic E-state index is 0.392. The lowest BCUT2D eigenvalue weighted by Crippen LogP contribution is -2.19. The summed E-state index contributed by atoms with van der Waals surface area (Å²) in [7, 11) is 0. The summed E-state index contributed by atoms with van der Waals surface area (Å²) in [6.45, 7) is 7.50. The van der Waals surface area contributed by atoms with Crippen LogP contribution >= 0.6 is 11.3 Å². The topological polar surface area (TPSA) is 37.8 Å². The molecule has 0 fully saturated rings. The van der Waals surface area contributed by atoms with Crippen LogP contribution in [0.25, 0.3) is 0 Å². The Morgan fingerprint density at radius 1 is 1.27 bits per heavy atom. The largest absolute Gasteiger partial charge is 0.308 e. The molecule has 0 bridgehead atoms. The van der Waals surface area contributed by atoms with Crippen LogP contribution in [0, 0.1) is 0 Å². The minimum absolute atomic E-state index is 0.392. The molecular formula is C11H21N3S. The van der Waals surface area contributed by atoms with Gasteiger partial charge in [0.25, 0.3) is 0 Å². The molecule has 0 radical (unpaired) electrons. The van der Waals surface area contributed by atoms with Gasteiger partial charge in [0.2, 0.25) is 0 Å². The molecule has 1 N–H and O–H groups in total. The van der Waals surface area contributed by atoms with Gasteiger partial charge in [-0.2, -0.15) is 0 Å². The highest BCUT2D eigenvalue weighted by atomic mass is 32.1. The third-order valence-corrected chi connectivity index (χ3v) is 3.48. The molecule has 0 saturated carbocycles. The fourth-order valence-electron chi connectivity index (χ4n) is 1.49. The van der Waals surface area contributed by atoms with Gasteiger partial charge in [-0.3, -0.25) is 0 Å². The first-order valence-corrected chi connectivity index (χ1v) is 6.69. The molecule has 1 unspecified atom stereocenters. The van der Waals surface area contributed by atoms with Crippen LogP contribution in [0.3, 0.4) is 0 Å². The van der Waals surface area contributed by atoms with E-state index in [1.54, 1.807) is 11.3 Å². The smallest absolute Gasteiger partial charge is 0.134 e. The van der Waals surface area contributed by atoms with Crippen LogP contribution < -0.4 is 5.32 Å². The van der Waals surface area contributed by atoms with Gasteiger partial charge in [0.1, 0.15) is 10.0 Å². The number of aryl methyl sites for hydroxylation is 1. The average molecular weight is 227 g/mol. The van der Waals surface area contributed by atoms with E-state index in [4.69, 9.17) is 0 Å². The summed E-state index contributed by atoms with van der Waals surface area (Å²) in [6, 6.07) is 0.392. The number of nitrogens with one attached hydrogen (secondary N) is 1. The highest BCUT2D eigenvalue weighted by Gasteiger charge is 2.13. The second kappa shape index (κ2) is 6.90. The predicted molar refractivity (Wildman–Crippen MR) is 65.2 cm³/mol. The first-order chi connectivity index (χ1) is 7.31. The predicted octanol–water partition coefficient (Wildman–Crippen LogP) is 2.94. The number of aromatic nitrogens is 2. The van der Waals surface area contributed by atoms with Crippen LogP contribution in [0.15, 0.2) is 0 Å². The standard InChI is InChI=1S/C11H21N3S/c1-4-7-8-10-13-14-11(15-10)9(5-2)12-6-3/h9,12H,4-8H2,1-3H3. The Hall–Kier alpha value is -0.480. The zero-order chi connectivity index (χ0) is 11.1. The Kier molecular flexibility index (Phi) is 5.79. The Morgan fingerprint density at radius 2 is 2.07 bits per heavy atom. The summed E-state index contributed by atoms with van der Waals surface area (Å²) in [6.07, 6.45) is 4.60. The van der Waals surface area contributed by atoms with E-state index in [9.17, 15) is 0 Å². The second-order valence-corrected chi connectivity index (χ2v) is 4.75. The van der Waals surface area contributed by atoms with E-state index < -0.39 is 0 Å². The lowest BCUT2D eigenvalue weighted by molar-refractivity contribution is 0.530. The summed E-state index contributed by atoms with van der Waals surface area (Å²) >= 11 is 1.76. The van der Waals surface area contributed by atoms with Crippen molar-refractivity contribution in [2.24, 2.45) is 0 Å². The molecule has 0 aliphatic heterocycles. The van der Waals surface area contributed by atoms with Gasteiger partial charge < -0.3 is 5.32 Å². The Morgan fingerprint density at radius 3 is 2.67 bits per heavy atom. The van der Waals surface area contributed by atoms with Crippen molar-refractivity contribution in [2.75, 3.05) is 6.54 Å². The van der Waals surface area contributed by atoms with Crippen molar-refractivity contribution in [3.05, 3.63) is 10.0 Å². The Labute approximate surface area is 96.3 Å². The van der Waals surface area contributed by atoms with Crippen LogP contribution in [0.2, 0.25) is 0 Å². The highest BCUT2D eigenvalue weighted by Crippen LogP contribution is 2.21. The maximum atomic E-state index is 4.26. The van der Waals surface area contributed by atoms with E-state index in [1.807, 2.05) is 0 Å². The molecule has 1 aromatic heterocycles. The molecule has 0 saturated heterocycles. The summed E-state index contributed by atoms with van der Waals surface area (Å²) in [5.41, 5.74) is 0. The zero-order valence-corrected chi connectivity index (χ0v) is 10.7. The number of nitrogens with zero attached hydrogens (tertiary/aromatic N) is 2. The van der Waals surface area contributed by atoms with Crippen molar-refractivity contribution in [3.63, 3.8) is 0 Å². The lowest BCUT2D eigenvalue weighted by atomic mass is 10.2. The van der Waals surface area contributed by atoms with Gasteiger partial charge in [0, 0.05) is 6.42 Å². The van der Waals surface area contributed by atoms with E-state index >= 15 is 0 Å². The average Bonchev–Trinajstić information content (AvgIpc) is 2.71. The van der Waals surface area contributed by atoms with Crippen molar-refractivity contribution in [3.8, 4) is 0 Å². The molecule has 1 aromatic rings. The molecule has 0 spiro atoms. The van der Waals surface area contributed by atoms with Crippen molar-refractivity contribution in [1.29, 1.82) is 0 Å². The SMILES string of the molecule is CCCCc1nnc(C(CC)NCC)s1. The van der Waals surface area contributed by atoms with Gasteiger partial charge in [0.05, 0.1) is 6.04 Å². The summed E-state index contributed by atoms with van der Waals surface area (Å²) in [4.78, 5) is 0. The van der Waals surface area contributed by atoms with Crippen LogP contribution in [-0.4, -0.2) is 16.7 Å². The van der Waals surface area contributed by atoms with Crippen LogP contribution in [0.4, 0.5) is 0 Å². The van der Waals surface area contributed by atoms with Gasteiger partial charge in [-0.15, -0.1) is 10.2 Å². The van der Waals surface area contributed by atoms with Crippen molar-refractivity contribution < 1.29 is 0 Å². The number of rotatable bonds is 7. The van der Waals surface area contributed by atoms with Crippen LogP contribution in [-0.2, 0) is 6.42 Å². The van der Waals surface area contributed by atoms with Crippen molar-refractivity contribution in [1.82, 2.24) is 15.5 Å². The van der Waals surface area contributed by atoms with Crippen molar-refractivity contribution in [2.45, 2.75) is 52.5 Å². The monoisotopic (exact) mass is 227 g/mol. The molecule has 86 valence electrons. The van der Waals surface area contributed by atoms with E-state index in [2.05, 4.69) is 36.3 Å². The van der Waals surface area contributed by atoms with E-state index in [0.717, 1.165) is 24.4 Å². The van der Waals surface area contributed by atoms with Crippen molar-refractivity contribution >= 4 is 11.3 Å². The molecule has 15 heavy (non-hydrogen) atoms. The third-order valence-electron chi connectivity index (χ3n) is 2.38. The van der Waals surface area contributed by atoms with Gasteiger partial charge in [0.15, 0.2) is 0 Å².